The first-order valence-electron chi connectivity index (χ1n) is 24.7. The highest BCUT2D eigenvalue weighted by atomic mass is 16.7. The molecule has 65 heavy (non-hydrogen) atoms. The van der Waals surface area contributed by atoms with Gasteiger partial charge in [0, 0.05) is 48.5 Å². The van der Waals surface area contributed by atoms with Crippen LogP contribution in [0.25, 0.3) is 0 Å². The molecule has 2 N–H and O–H groups in total. The number of esters is 4. The number of hydrogen-bond acceptors (Lipinski definition) is 15. The predicted molar refractivity (Wildman–Crippen MR) is 236 cm³/mol. The Hall–Kier alpha value is -4.90. The molecule has 2 aliphatic rings. The molecule has 1 unspecified atom stereocenters. The summed E-state index contributed by atoms with van der Waals surface area (Å²) >= 11 is 0. The van der Waals surface area contributed by atoms with Crippen molar-refractivity contribution in [2.45, 2.75) is 172 Å². The Labute approximate surface area is 388 Å². The number of hydrogen-bond donors (Lipinski definition) is 2. The number of aromatic amines is 1. The van der Waals surface area contributed by atoms with Crippen LogP contribution in [0.1, 0.15) is 151 Å². The van der Waals surface area contributed by atoms with Crippen LogP contribution >= 0.6 is 0 Å². The zero-order valence-corrected chi connectivity index (χ0v) is 39.6. The highest BCUT2D eigenvalue weighted by Crippen LogP contribution is 2.38. The third-order valence-corrected chi connectivity index (χ3v) is 10.2. The number of aromatic nitrogens is 2. The largest absolute Gasteiger partial charge is 0.493 e. The van der Waals surface area contributed by atoms with Crippen molar-refractivity contribution in [2.75, 3.05) is 26.4 Å². The lowest BCUT2D eigenvalue weighted by Gasteiger charge is -2.45. The van der Waals surface area contributed by atoms with Gasteiger partial charge in [-0.1, -0.05) is 19.9 Å². The minimum Gasteiger partial charge on any atom is -0.493 e. The van der Waals surface area contributed by atoms with Gasteiger partial charge in [0.25, 0.3) is 0 Å². The van der Waals surface area contributed by atoms with Crippen molar-refractivity contribution in [1.29, 1.82) is 0 Å². The van der Waals surface area contributed by atoms with Gasteiger partial charge in [0.05, 0.1) is 41.5 Å². The number of aliphatic carboxylic acids is 1. The fourth-order valence-electron chi connectivity index (χ4n) is 6.39. The number of benzene rings is 1. The Kier molecular flexibility index (Phi) is 15.5. The number of nitrogens with zero attached hydrogens (tertiary/aromatic N) is 1. The van der Waals surface area contributed by atoms with Crippen LogP contribution in [0.4, 0.5) is 0 Å². The molecular weight excluding hydrogens is 845 g/mol. The van der Waals surface area contributed by atoms with E-state index >= 15 is 0 Å². The molecule has 0 bridgehead atoms. The van der Waals surface area contributed by atoms with E-state index < -0.39 is 110 Å². The summed E-state index contributed by atoms with van der Waals surface area (Å²) in [7, 11) is 0. The molecule has 2 saturated heterocycles. The highest BCUT2D eigenvalue weighted by Gasteiger charge is 2.56. The van der Waals surface area contributed by atoms with E-state index in [9.17, 15) is 24.0 Å². The fraction of sp³-hybridized carbons (Fsp3) is 0.708. The minimum absolute atomic E-state index is 0.0380. The topological polar surface area (TPSA) is 217 Å². The van der Waals surface area contributed by atoms with Crippen LogP contribution in [0.15, 0.2) is 18.2 Å². The zero-order chi connectivity index (χ0) is 51.5. The zero-order valence-electron chi connectivity index (χ0n) is 43.6. The summed E-state index contributed by atoms with van der Waals surface area (Å²) in [5, 5.41) is 16.7. The van der Waals surface area contributed by atoms with Crippen molar-refractivity contribution in [3.8, 4) is 17.4 Å². The lowest BCUT2D eigenvalue weighted by atomic mass is 9.93. The fourth-order valence-corrected chi connectivity index (χ4v) is 6.39. The van der Waals surface area contributed by atoms with Crippen LogP contribution < -0.4 is 14.2 Å². The number of carboxylic acids is 1. The lowest BCUT2D eigenvalue weighted by Crippen LogP contribution is -2.65. The predicted octanol–water partition coefficient (Wildman–Crippen LogP) is 7.49. The average Bonchev–Trinajstić information content (AvgIpc) is 3.71. The summed E-state index contributed by atoms with van der Waals surface area (Å²) in [5.41, 5.74) is -3.71. The summed E-state index contributed by atoms with van der Waals surface area (Å²) in [4.78, 5) is 66.4. The van der Waals surface area contributed by atoms with Gasteiger partial charge in [-0.3, -0.25) is 29.1 Å². The molecule has 2 aliphatic heterocycles. The van der Waals surface area contributed by atoms with Gasteiger partial charge in [-0.2, -0.15) is 0 Å². The number of carbonyl (C=O) groups excluding carboxylic acids is 4. The van der Waals surface area contributed by atoms with Crippen LogP contribution in [-0.4, -0.2) is 108 Å². The molecule has 364 valence electrons. The third kappa shape index (κ3) is 15.1. The first kappa shape index (κ1) is 46.6. The summed E-state index contributed by atoms with van der Waals surface area (Å²) in [6.07, 6.45) is -7.01. The second-order valence-corrected chi connectivity index (χ2v) is 19.7. The van der Waals surface area contributed by atoms with E-state index in [0.717, 1.165) is 0 Å². The maximum absolute atomic E-state index is 14.0. The molecule has 17 heteroatoms. The van der Waals surface area contributed by atoms with Crippen LogP contribution in [0.5, 0.6) is 17.4 Å². The van der Waals surface area contributed by atoms with Crippen LogP contribution in [-0.2, 0) is 58.8 Å². The molecule has 2 aromatic rings. The van der Waals surface area contributed by atoms with Gasteiger partial charge >= 0.3 is 29.8 Å². The molecular formula is C48H72N2O15. The normalized spacial score (nSPS) is 21.8. The minimum atomic E-state index is -1.76. The summed E-state index contributed by atoms with van der Waals surface area (Å²) in [5.74, 6) is -3.77. The molecule has 0 radical (unpaired) electrons. The maximum Gasteiger partial charge on any atom is 0.311 e. The number of carbonyl (C=O) groups is 5. The number of H-pyrrole nitrogens is 1. The lowest BCUT2D eigenvalue weighted by molar-refractivity contribution is -0.294. The summed E-state index contributed by atoms with van der Waals surface area (Å²) in [6.45, 7) is 14.6. The molecule has 2 fully saturated rings. The second kappa shape index (κ2) is 21.6. The Morgan fingerprint density at radius 3 is 1.95 bits per heavy atom. The first-order chi connectivity index (χ1) is 32.3. The van der Waals surface area contributed by atoms with Crippen molar-refractivity contribution in [2.24, 2.45) is 21.7 Å². The van der Waals surface area contributed by atoms with Crippen molar-refractivity contribution in [3.63, 3.8) is 0 Å². The standard InChI is InChI=1S/C48H72N2O15/c1-27(2)35-31(24-28-17-18-30(58-21-15-16-34(51)52)25-32(28)60-29-19-22-57-23-20-29)39(50-49-35)65-40-38(64-44(56)48(12,13)14)37(63-43(55)47(9,10)11)36(62-42(54)46(6,7)8)33(61-40)26-59-41(53)45(3,4)5/h17-18,25,27,29,33,36-38,40H,15-16,19-24,26H2,1-14H3,(H,49,50)(H,51,52)/t33-,36-,37+,38-,40?/m1/s1/i3D,6D,9D,12D. The van der Waals surface area contributed by atoms with Crippen molar-refractivity contribution in [3.05, 3.63) is 35.0 Å². The van der Waals surface area contributed by atoms with Crippen molar-refractivity contribution in [1.82, 2.24) is 10.2 Å². The quantitative estimate of drug-likeness (QED) is 0.0892. The molecule has 17 nitrogen and oxygen atoms in total. The Morgan fingerprint density at radius 1 is 0.815 bits per heavy atom. The van der Waals surface area contributed by atoms with Gasteiger partial charge in [-0.05, 0) is 107 Å². The van der Waals surface area contributed by atoms with Crippen LogP contribution in [0, 0.1) is 21.7 Å². The maximum atomic E-state index is 14.0. The number of nitrogens with one attached hydrogen (secondary N) is 1. The molecule has 1 aromatic heterocycles. The molecule has 5 atom stereocenters. The Balaban J connectivity index is 1.90. The van der Waals surface area contributed by atoms with Crippen LogP contribution in [0.3, 0.4) is 0 Å². The molecule has 0 amide bonds. The van der Waals surface area contributed by atoms with Gasteiger partial charge < -0.3 is 47.7 Å². The molecule has 0 saturated carbocycles. The number of carboxylic acid groups (broad SMARTS) is 1. The molecule has 3 heterocycles. The van der Waals surface area contributed by atoms with Gasteiger partial charge in [-0.15, -0.1) is 5.10 Å². The van der Waals surface area contributed by atoms with E-state index in [-0.39, 0.29) is 44.3 Å². The summed E-state index contributed by atoms with van der Waals surface area (Å²) < 4.78 is 87.5. The van der Waals surface area contributed by atoms with Gasteiger partial charge in [0.1, 0.15) is 30.3 Å². The van der Waals surface area contributed by atoms with Gasteiger partial charge in [0.15, 0.2) is 12.2 Å². The monoisotopic (exact) mass is 921 g/mol. The third-order valence-electron chi connectivity index (χ3n) is 10.2. The SMILES string of the molecule is [2H]CC(C)(C)C(=O)OC[C@H]1OC(Oc2n[nH]c(C(C)C)c2Cc2ccc(OCCCC(=O)O)cc2OC2CCOCC2)[C@H](OC(=O)C(C)(C)C[2H])[C@@H](OC(=O)C(C)(C)C[2H])[C@@H]1OC(=O)C(C)(C)C[2H]. The molecule has 1 aromatic carbocycles. The molecule has 0 aliphatic carbocycles. The molecule has 4 rings (SSSR count). The smallest absolute Gasteiger partial charge is 0.311 e. The Morgan fingerprint density at radius 2 is 1.38 bits per heavy atom. The molecule has 0 spiro atoms. The van der Waals surface area contributed by atoms with Crippen molar-refractivity contribution < 1.29 is 77.2 Å². The van der Waals surface area contributed by atoms with E-state index in [1.165, 1.54) is 55.4 Å². The highest BCUT2D eigenvalue weighted by molar-refractivity contribution is 5.78. The Bertz CT molecular complexity index is 2070. The van der Waals surface area contributed by atoms with E-state index in [1.807, 2.05) is 19.9 Å². The van der Waals surface area contributed by atoms with E-state index in [1.54, 1.807) is 12.1 Å². The summed E-state index contributed by atoms with van der Waals surface area (Å²) in [6, 6.07) is 5.30. The second-order valence-electron chi connectivity index (χ2n) is 19.7. The van der Waals surface area contributed by atoms with E-state index in [4.69, 9.17) is 53.2 Å². The van der Waals surface area contributed by atoms with Crippen molar-refractivity contribution >= 4 is 29.8 Å². The number of rotatable bonds is 17. The first-order valence-corrected chi connectivity index (χ1v) is 21.9. The number of ether oxygens (including phenoxy) is 9. The van der Waals surface area contributed by atoms with Gasteiger partial charge in [0.2, 0.25) is 18.3 Å². The van der Waals surface area contributed by atoms with E-state index in [2.05, 4.69) is 10.2 Å². The average molecular weight is 921 g/mol. The van der Waals surface area contributed by atoms with E-state index in [0.29, 0.717) is 60.8 Å². The van der Waals surface area contributed by atoms with Gasteiger partial charge in [-0.25, -0.2) is 0 Å². The van der Waals surface area contributed by atoms with Crippen LogP contribution in [0.2, 0.25) is 0 Å².